The Labute approximate surface area is 97.4 Å². The van der Waals surface area contributed by atoms with E-state index < -0.39 is 6.10 Å². The Morgan fingerprint density at radius 2 is 1.94 bits per heavy atom. The Hall–Kier alpha value is -1.06. The maximum atomic E-state index is 10.0. The number of hydrogen-bond donors (Lipinski definition) is 2. The first-order chi connectivity index (χ1) is 7.60. The molecule has 90 valence electrons. The summed E-state index contributed by atoms with van der Waals surface area (Å²) in [4.78, 5) is 0. The molecule has 1 rings (SSSR count). The predicted molar refractivity (Wildman–Crippen MR) is 66.0 cm³/mol. The van der Waals surface area contributed by atoms with Gasteiger partial charge < -0.3 is 15.2 Å². The van der Waals surface area contributed by atoms with Crippen molar-refractivity contribution in [2.75, 3.05) is 20.2 Å². The summed E-state index contributed by atoms with van der Waals surface area (Å²) >= 11 is 0. The Morgan fingerprint density at radius 3 is 2.50 bits per heavy atom. The lowest BCUT2D eigenvalue weighted by atomic mass is 10.0. The number of rotatable bonds is 5. The minimum atomic E-state index is -0.519. The molecule has 0 aliphatic carbocycles. The summed E-state index contributed by atoms with van der Waals surface area (Å²) in [5.74, 6) is 0.758. The van der Waals surface area contributed by atoms with Gasteiger partial charge in [0.25, 0.3) is 0 Å². The monoisotopic (exact) mass is 223 g/mol. The van der Waals surface area contributed by atoms with Gasteiger partial charge in [0.05, 0.1) is 13.2 Å². The lowest BCUT2D eigenvalue weighted by Gasteiger charge is -2.17. The molecule has 0 amide bonds. The summed E-state index contributed by atoms with van der Waals surface area (Å²) < 4.78 is 5.29. The number of aryl methyl sites for hydroxylation is 2. The van der Waals surface area contributed by atoms with Crippen molar-refractivity contribution in [2.24, 2.45) is 0 Å². The van der Waals surface area contributed by atoms with Crippen LogP contribution in [0.25, 0.3) is 0 Å². The number of benzene rings is 1. The van der Waals surface area contributed by atoms with E-state index in [1.54, 1.807) is 7.11 Å². The van der Waals surface area contributed by atoms with E-state index in [9.17, 15) is 5.11 Å². The van der Waals surface area contributed by atoms with Crippen LogP contribution < -0.4 is 10.1 Å². The van der Waals surface area contributed by atoms with Crippen molar-refractivity contribution >= 4 is 0 Å². The molecule has 0 spiro atoms. The van der Waals surface area contributed by atoms with Gasteiger partial charge in [-0.15, -0.1) is 0 Å². The Morgan fingerprint density at radius 1 is 1.31 bits per heavy atom. The van der Waals surface area contributed by atoms with E-state index in [1.165, 1.54) is 11.1 Å². The summed E-state index contributed by atoms with van der Waals surface area (Å²) in [6, 6.07) is 3.97. The van der Waals surface area contributed by atoms with Gasteiger partial charge in [0.1, 0.15) is 5.75 Å². The molecule has 0 aromatic heterocycles. The molecule has 0 saturated carbocycles. The normalized spacial score (nSPS) is 12.6. The standard InChI is InChI=1S/C13H21NO2/c1-5-14-8-12(15)11-6-9(2)10(3)7-13(11)16-4/h6-7,12,14-15H,5,8H2,1-4H3. The van der Waals surface area contributed by atoms with Crippen LogP contribution in [0.5, 0.6) is 5.75 Å². The maximum Gasteiger partial charge on any atom is 0.124 e. The summed E-state index contributed by atoms with van der Waals surface area (Å²) in [6.45, 7) is 7.50. The molecule has 16 heavy (non-hydrogen) atoms. The molecule has 2 N–H and O–H groups in total. The molecule has 1 aromatic rings. The fourth-order valence-corrected chi connectivity index (χ4v) is 1.64. The van der Waals surface area contributed by atoms with Crippen molar-refractivity contribution in [3.8, 4) is 5.75 Å². The smallest absolute Gasteiger partial charge is 0.124 e. The highest BCUT2D eigenvalue weighted by Gasteiger charge is 2.14. The zero-order valence-electron chi connectivity index (χ0n) is 10.5. The van der Waals surface area contributed by atoms with Crippen molar-refractivity contribution in [2.45, 2.75) is 26.9 Å². The molecule has 0 radical (unpaired) electrons. The summed E-state index contributed by atoms with van der Waals surface area (Å²) in [6.07, 6.45) is -0.519. The molecule has 1 atom stereocenters. The van der Waals surface area contributed by atoms with Gasteiger partial charge in [-0.1, -0.05) is 6.92 Å². The van der Waals surface area contributed by atoms with Crippen LogP contribution in [0.3, 0.4) is 0 Å². The van der Waals surface area contributed by atoms with Gasteiger partial charge >= 0.3 is 0 Å². The third-order valence-electron chi connectivity index (χ3n) is 2.79. The molecule has 1 aromatic carbocycles. The summed E-state index contributed by atoms with van der Waals surface area (Å²) in [7, 11) is 1.63. The van der Waals surface area contributed by atoms with E-state index in [-0.39, 0.29) is 0 Å². The number of methoxy groups -OCH3 is 1. The van der Waals surface area contributed by atoms with Crippen LogP contribution in [-0.4, -0.2) is 25.3 Å². The second-order valence-corrected chi connectivity index (χ2v) is 4.00. The minimum absolute atomic E-state index is 0.519. The summed E-state index contributed by atoms with van der Waals surface area (Å²) in [5.41, 5.74) is 3.20. The fourth-order valence-electron chi connectivity index (χ4n) is 1.64. The topological polar surface area (TPSA) is 41.5 Å². The number of hydrogen-bond acceptors (Lipinski definition) is 3. The van der Waals surface area contributed by atoms with Crippen LogP contribution in [0.4, 0.5) is 0 Å². The van der Waals surface area contributed by atoms with Gasteiger partial charge in [-0.2, -0.15) is 0 Å². The maximum absolute atomic E-state index is 10.0. The highest BCUT2D eigenvalue weighted by Crippen LogP contribution is 2.28. The van der Waals surface area contributed by atoms with E-state index in [1.807, 2.05) is 32.9 Å². The predicted octanol–water partition coefficient (Wildman–Crippen LogP) is 1.95. The van der Waals surface area contributed by atoms with Gasteiger partial charge in [0.15, 0.2) is 0 Å². The van der Waals surface area contributed by atoms with Crippen LogP contribution >= 0.6 is 0 Å². The second-order valence-electron chi connectivity index (χ2n) is 4.00. The van der Waals surface area contributed by atoms with Gasteiger partial charge in [-0.3, -0.25) is 0 Å². The molecule has 0 aliphatic rings. The fraction of sp³-hybridized carbons (Fsp3) is 0.538. The molecule has 0 aliphatic heterocycles. The van der Waals surface area contributed by atoms with Crippen molar-refractivity contribution in [1.82, 2.24) is 5.32 Å². The molecule has 0 fully saturated rings. The SMILES string of the molecule is CCNCC(O)c1cc(C)c(C)cc1OC. The first-order valence-corrected chi connectivity index (χ1v) is 5.64. The van der Waals surface area contributed by atoms with Crippen LogP contribution in [0, 0.1) is 13.8 Å². The average Bonchev–Trinajstić information content (AvgIpc) is 2.28. The molecule has 1 unspecified atom stereocenters. The lowest BCUT2D eigenvalue weighted by molar-refractivity contribution is 0.171. The number of likely N-dealkylation sites (N-methyl/N-ethyl adjacent to an activating group) is 1. The quantitative estimate of drug-likeness (QED) is 0.801. The second kappa shape index (κ2) is 5.87. The zero-order chi connectivity index (χ0) is 12.1. The molecule has 3 heteroatoms. The number of nitrogens with one attached hydrogen (secondary N) is 1. The first kappa shape index (κ1) is 13.0. The third-order valence-corrected chi connectivity index (χ3v) is 2.79. The minimum Gasteiger partial charge on any atom is -0.496 e. The van der Waals surface area contributed by atoms with Crippen LogP contribution in [0.2, 0.25) is 0 Å². The Bertz CT molecular complexity index is 350. The molecule has 0 saturated heterocycles. The van der Waals surface area contributed by atoms with E-state index >= 15 is 0 Å². The van der Waals surface area contributed by atoms with Gasteiger partial charge in [0.2, 0.25) is 0 Å². The van der Waals surface area contributed by atoms with Crippen molar-refractivity contribution in [3.63, 3.8) is 0 Å². The van der Waals surface area contributed by atoms with Gasteiger partial charge in [-0.05, 0) is 43.7 Å². The molecule has 0 bridgehead atoms. The summed E-state index contributed by atoms with van der Waals surface area (Å²) in [5, 5.41) is 13.2. The van der Waals surface area contributed by atoms with Crippen molar-refractivity contribution < 1.29 is 9.84 Å². The van der Waals surface area contributed by atoms with E-state index in [2.05, 4.69) is 5.32 Å². The average molecular weight is 223 g/mol. The zero-order valence-corrected chi connectivity index (χ0v) is 10.5. The number of ether oxygens (including phenoxy) is 1. The lowest BCUT2D eigenvalue weighted by Crippen LogP contribution is -2.21. The highest BCUT2D eigenvalue weighted by molar-refractivity contribution is 5.43. The van der Waals surface area contributed by atoms with Crippen LogP contribution in [0.1, 0.15) is 29.7 Å². The number of aliphatic hydroxyl groups excluding tert-OH is 1. The largest absolute Gasteiger partial charge is 0.496 e. The first-order valence-electron chi connectivity index (χ1n) is 5.64. The van der Waals surface area contributed by atoms with Gasteiger partial charge in [0, 0.05) is 12.1 Å². The van der Waals surface area contributed by atoms with Crippen LogP contribution in [0.15, 0.2) is 12.1 Å². The third kappa shape index (κ3) is 2.97. The van der Waals surface area contributed by atoms with E-state index in [0.717, 1.165) is 17.9 Å². The van der Waals surface area contributed by atoms with Crippen molar-refractivity contribution in [3.05, 3.63) is 28.8 Å². The van der Waals surface area contributed by atoms with E-state index in [0.29, 0.717) is 6.54 Å². The van der Waals surface area contributed by atoms with E-state index in [4.69, 9.17) is 4.74 Å². The highest BCUT2D eigenvalue weighted by atomic mass is 16.5. The number of aliphatic hydroxyl groups is 1. The van der Waals surface area contributed by atoms with Gasteiger partial charge in [-0.25, -0.2) is 0 Å². The molecular formula is C13H21NO2. The Kier molecular flexibility index (Phi) is 4.77. The molecule has 3 nitrogen and oxygen atoms in total. The van der Waals surface area contributed by atoms with Crippen LogP contribution in [-0.2, 0) is 0 Å². The molecule has 0 heterocycles. The molecular weight excluding hydrogens is 202 g/mol. The Balaban J connectivity index is 2.96. The van der Waals surface area contributed by atoms with Crippen molar-refractivity contribution in [1.29, 1.82) is 0 Å².